The summed E-state index contributed by atoms with van der Waals surface area (Å²) < 4.78 is 39.5. The molecular weight excluding hydrogens is 501 g/mol. The Labute approximate surface area is 228 Å². The third-order valence-electron chi connectivity index (χ3n) is 8.17. The van der Waals surface area contributed by atoms with Crippen molar-refractivity contribution in [2.45, 2.75) is 76.4 Å². The van der Waals surface area contributed by atoms with Crippen LogP contribution in [0.15, 0.2) is 24.4 Å². The molecule has 2 aromatic heterocycles. The van der Waals surface area contributed by atoms with Crippen LogP contribution < -0.4 is 9.64 Å². The Hall–Kier alpha value is -2.82. The first-order valence-corrected chi connectivity index (χ1v) is 14.2. The number of hydrogen-bond acceptors (Lipinski definition) is 8. The molecule has 2 aliphatic heterocycles. The quantitative estimate of drug-likeness (QED) is 0.356. The van der Waals surface area contributed by atoms with Gasteiger partial charge in [-0.2, -0.15) is 15.1 Å². The standard InChI is InChI=1S/C29H38FN5O4/c1-19-13-20-16-31-35(25(20)14-23(19)22-7-3-4-8-24(22)30)27-15-26(32-29(33-27)36-2)34-17-21(18-34)37-11-12-39-28-9-5-6-10-38-28/h13-16,21-22,24,28H,3-12,17-18H2,1-2H3. The molecule has 2 saturated heterocycles. The van der Waals surface area contributed by atoms with Gasteiger partial charge in [0.25, 0.3) is 0 Å². The number of aryl methyl sites for hydroxylation is 1. The number of rotatable bonds is 9. The molecule has 39 heavy (non-hydrogen) atoms. The van der Waals surface area contributed by atoms with E-state index in [1.165, 1.54) is 0 Å². The van der Waals surface area contributed by atoms with Crippen molar-refractivity contribution < 1.29 is 23.3 Å². The Balaban J connectivity index is 1.15. The topological polar surface area (TPSA) is 83.8 Å². The second kappa shape index (κ2) is 11.7. The number of halogens is 1. The van der Waals surface area contributed by atoms with Crippen LogP contribution in [0.25, 0.3) is 16.7 Å². The number of anilines is 1. The summed E-state index contributed by atoms with van der Waals surface area (Å²) in [4.78, 5) is 11.3. The van der Waals surface area contributed by atoms with Crippen LogP contribution in [0.4, 0.5) is 10.2 Å². The first kappa shape index (κ1) is 26.4. The predicted molar refractivity (Wildman–Crippen MR) is 146 cm³/mol. The molecule has 210 valence electrons. The monoisotopic (exact) mass is 539 g/mol. The third kappa shape index (κ3) is 5.73. The van der Waals surface area contributed by atoms with Crippen LogP contribution in [0.2, 0.25) is 0 Å². The van der Waals surface area contributed by atoms with Crippen molar-refractivity contribution in [2.24, 2.45) is 0 Å². The fourth-order valence-electron chi connectivity index (χ4n) is 5.95. The second-order valence-electron chi connectivity index (χ2n) is 10.9. The fourth-order valence-corrected chi connectivity index (χ4v) is 5.95. The van der Waals surface area contributed by atoms with Crippen LogP contribution in [-0.2, 0) is 14.2 Å². The van der Waals surface area contributed by atoms with Gasteiger partial charge in [0.05, 0.1) is 38.1 Å². The maximum atomic E-state index is 14.9. The Morgan fingerprint density at radius 1 is 0.974 bits per heavy atom. The van der Waals surface area contributed by atoms with Crippen LogP contribution in [0, 0.1) is 6.92 Å². The summed E-state index contributed by atoms with van der Waals surface area (Å²) in [7, 11) is 1.56. The van der Waals surface area contributed by atoms with Gasteiger partial charge in [-0.05, 0) is 62.3 Å². The van der Waals surface area contributed by atoms with Crippen LogP contribution in [0.1, 0.15) is 62.0 Å². The number of nitrogens with zero attached hydrogens (tertiary/aromatic N) is 5. The highest BCUT2D eigenvalue weighted by molar-refractivity contribution is 5.82. The largest absolute Gasteiger partial charge is 0.467 e. The summed E-state index contributed by atoms with van der Waals surface area (Å²) in [6.45, 7) is 5.37. The second-order valence-corrected chi connectivity index (χ2v) is 10.9. The molecule has 1 saturated carbocycles. The normalized spacial score (nSPS) is 24.2. The SMILES string of the molecule is COc1nc(N2CC(OCCOC3CCCCO3)C2)cc(-n2ncc3cc(C)c(C4CCCCC4F)cc32)n1. The summed E-state index contributed by atoms with van der Waals surface area (Å²) >= 11 is 0. The maximum Gasteiger partial charge on any atom is 0.320 e. The summed E-state index contributed by atoms with van der Waals surface area (Å²) in [5.41, 5.74) is 3.09. The lowest BCUT2D eigenvalue weighted by Gasteiger charge is -2.39. The molecule has 0 spiro atoms. The molecule has 4 heterocycles. The molecule has 1 aliphatic carbocycles. The van der Waals surface area contributed by atoms with Crippen molar-refractivity contribution in [3.63, 3.8) is 0 Å². The van der Waals surface area contributed by atoms with Gasteiger partial charge >= 0.3 is 6.01 Å². The molecule has 6 rings (SSSR count). The molecule has 3 atom stereocenters. The minimum Gasteiger partial charge on any atom is -0.467 e. The van der Waals surface area contributed by atoms with E-state index in [0.717, 1.165) is 86.1 Å². The molecule has 3 fully saturated rings. The number of fused-ring (bicyclic) bond motifs is 1. The van der Waals surface area contributed by atoms with E-state index in [9.17, 15) is 4.39 Å². The highest BCUT2D eigenvalue weighted by Gasteiger charge is 2.31. The molecule has 9 nitrogen and oxygen atoms in total. The van der Waals surface area contributed by atoms with E-state index in [1.54, 1.807) is 11.8 Å². The van der Waals surface area contributed by atoms with E-state index in [1.807, 2.05) is 12.3 Å². The van der Waals surface area contributed by atoms with Crippen LogP contribution in [-0.4, -0.2) is 78.3 Å². The van der Waals surface area contributed by atoms with Crippen molar-refractivity contribution in [3.05, 3.63) is 35.5 Å². The number of benzene rings is 1. The summed E-state index contributed by atoms with van der Waals surface area (Å²) in [5.74, 6) is 1.31. The average Bonchev–Trinajstić information content (AvgIpc) is 3.34. The number of ether oxygens (including phenoxy) is 4. The lowest BCUT2D eigenvalue weighted by atomic mass is 9.80. The van der Waals surface area contributed by atoms with Crippen molar-refractivity contribution >= 4 is 16.7 Å². The van der Waals surface area contributed by atoms with Crippen molar-refractivity contribution in [1.82, 2.24) is 19.7 Å². The van der Waals surface area contributed by atoms with Gasteiger partial charge in [0.1, 0.15) is 12.0 Å². The van der Waals surface area contributed by atoms with Gasteiger partial charge in [-0.3, -0.25) is 0 Å². The molecule has 3 unspecified atom stereocenters. The van der Waals surface area contributed by atoms with Crippen molar-refractivity contribution in [1.29, 1.82) is 0 Å². The molecule has 3 aromatic rings. The zero-order valence-corrected chi connectivity index (χ0v) is 22.9. The van der Waals surface area contributed by atoms with Crippen molar-refractivity contribution in [3.8, 4) is 11.8 Å². The Kier molecular flexibility index (Phi) is 7.95. The lowest BCUT2D eigenvalue weighted by molar-refractivity contribution is -0.171. The molecule has 1 aromatic carbocycles. The fraction of sp³-hybridized carbons (Fsp3) is 0.621. The van der Waals surface area contributed by atoms with Gasteiger partial charge in [-0.15, -0.1) is 0 Å². The molecular formula is C29H38FN5O4. The van der Waals surface area contributed by atoms with Gasteiger partial charge < -0.3 is 23.8 Å². The molecule has 10 heteroatoms. The molecule has 0 radical (unpaired) electrons. The number of aromatic nitrogens is 4. The smallest absolute Gasteiger partial charge is 0.320 e. The highest BCUT2D eigenvalue weighted by atomic mass is 19.1. The van der Waals surface area contributed by atoms with E-state index in [0.29, 0.717) is 25.5 Å². The van der Waals surface area contributed by atoms with Gasteiger partial charge in [0, 0.05) is 37.1 Å². The number of alkyl halides is 1. The predicted octanol–water partition coefficient (Wildman–Crippen LogP) is 4.88. The molecule has 0 amide bonds. The lowest BCUT2D eigenvalue weighted by Crippen LogP contribution is -2.53. The van der Waals surface area contributed by atoms with Gasteiger partial charge in [-0.25, -0.2) is 9.07 Å². The maximum absolute atomic E-state index is 14.9. The third-order valence-corrected chi connectivity index (χ3v) is 8.17. The molecule has 3 aliphatic rings. The Morgan fingerprint density at radius 3 is 2.56 bits per heavy atom. The average molecular weight is 540 g/mol. The van der Waals surface area contributed by atoms with Crippen LogP contribution in [0.3, 0.4) is 0 Å². The van der Waals surface area contributed by atoms with E-state index < -0.39 is 6.17 Å². The summed E-state index contributed by atoms with van der Waals surface area (Å²) in [6, 6.07) is 6.41. The molecule has 0 N–H and O–H groups in total. The van der Waals surface area contributed by atoms with E-state index in [4.69, 9.17) is 18.9 Å². The zero-order chi connectivity index (χ0) is 26.8. The van der Waals surface area contributed by atoms with Crippen molar-refractivity contribution in [2.75, 3.05) is 44.9 Å². The minimum absolute atomic E-state index is 0.0689. The summed E-state index contributed by atoms with van der Waals surface area (Å²) in [6.07, 6.45) is 7.83. The number of methoxy groups -OCH3 is 1. The van der Waals surface area contributed by atoms with Crippen LogP contribution in [0.5, 0.6) is 6.01 Å². The van der Waals surface area contributed by atoms with Crippen LogP contribution >= 0.6 is 0 Å². The number of hydrogen-bond donors (Lipinski definition) is 0. The summed E-state index contributed by atoms with van der Waals surface area (Å²) in [5, 5.41) is 5.64. The molecule has 0 bridgehead atoms. The van der Waals surface area contributed by atoms with Gasteiger partial charge in [0.2, 0.25) is 0 Å². The van der Waals surface area contributed by atoms with Gasteiger partial charge in [0.15, 0.2) is 12.1 Å². The zero-order valence-electron chi connectivity index (χ0n) is 22.9. The minimum atomic E-state index is -0.800. The first-order valence-electron chi connectivity index (χ1n) is 14.2. The van der Waals surface area contributed by atoms with E-state index in [-0.39, 0.29) is 24.3 Å². The Morgan fingerprint density at radius 2 is 1.77 bits per heavy atom. The van der Waals surface area contributed by atoms with E-state index in [2.05, 4.69) is 39.0 Å². The first-order chi connectivity index (χ1) is 19.1. The van der Waals surface area contributed by atoms with Gasteiger partial charge in [-0.1, -0.05) is 12.8 Å². The highest BCUT2D eigenvalue weighted by Crippen LogP contribution is 2.38. The van der Waals surface area contributed by atoms with E-state index >= 15 is 0 Å². The Bertz CT molecular complexity index is 1270.